The molecule has 0 fully saturated rings. The van der Waals surface area contributed by atoms with E-state index in [9.17, 15) is 14.4 Å². The van der Waals surface area contributed by atoms with Gasteiger partial charge in [0.25, 0.3) is 0 Å². The number of carbonyl (C=O) groups is 3. The molecule has 0 saturated heterocycles. The first-order valence-corrected chi connectivity index (χ1v) is 10.2. The van der Waals surface area contributed by atoms with Crippen molar-refractivity contribution in [2.24, 2.45) is 0 Å². The molecule has 0 radical (unpaired) electrons. The van der Waals surface area contributed by atoms with Gasteiger partial charge in [0.05, 0.1) is 5.56 Å². The normalized spacial score (nSPS) is 11.6. The molecule has 0 aliphatic carbocycles. The molecular weight excluding hydrogens is 380 g/mol. The maximum absolute atomic E-state index is 12.3. The van der Waals surface area contributed by atoms with E-state index in [4.69, 9.17) is 4.74 Å². The molecule has 0 heterocycles. The Morgan fingerprint density at radius 3 is 2.07 bits per heavy atom. The Kier molecular flexibility index (Phi) is 8.59. The van der Waals surface area contributed by atoms with Gasteiger partial charge in [0.15, 0.2) is 12.4 Å². The molecule has 0 aliphatic heterocycles. The number of hydrogen-bond donors (Lipinski definition) is 2. The van der Waals surface area contributed by atoms with Crippen molar-refractivity contribution in [3.8, 4) is 0 Å². The zero-order chi connectivity index (χ0) is 22.1. The first-order valence-electron chi connectivity index (χ1n) is 10.2. The lowest BCUT2D eigenvalue weighted by molar-refractivity contribution is 0.0474. The van der Waals surface area contributed by atoms with Crippen molar-refractivity contribution >= 4 is 17.8 Å². The van der Waals surface area contributed by atoms with Gasteiger partial charge in [0.2, 0.25) is 0 Å². The molecule has 0 spiro atoms. The molecule has 2 aromatic carbocycles. The maximum atomic E-state index is 12.3. The van der Waals surface area contributed by atoms with Crippen LogP contribution in [-0.4, -0.2) is 30.4 Å². The van der Waals surface area contributed by atoms with Gasteiger partial charge >= 0.3 is 12.0 Å². The van der Waals surface area contributed by atoms with Gasteiger partial charge < -0.3 is 15.4 Å². The van der Waals surface area contributed by atoms with Crippen LogP contribution in [0.1, 0.15) is 71.9 Å². The van der Waals surface area contributed by atoms with Gasteiger partial charge in [-0.15, -0.1) is 0 Å². The molecule has 2 rings (SSSR count). The number of ketones is 1. The molecule has 2 N–H and O–H groups in total. The van der Waals surface area contributed by atoms with Crippen LogP contribution in [0.3, 0.4) is 0 Å². The molecule has 2 amide bonds. The maximum Gasteiger partial charge on any atom is 0.338 e. The highest BCUT2D eigenvalue weighted by atomic mass is 16.5. The predicted molar refractivity (Wildman–Crippen MR) is 117 cm³/mol. The van der Waals surface area contributed by atoms with Crippen molar-refractivity contribution in [3.05, 3.63) is 70.8 Å². The molecule has 6 nitrogen and oxygen atoms in total. The van der Waals surface area contributed by atoms with E-state index in [1.54, 1.807) is 36.4 Å². The lowest BCUT2D eigenvalue weighted by atomic mass is 9.97. The summed E-state index contributed by atoms with van der Waals surface area (Å²) in [5, 5.41) is 5.48. The van der Waals surface area contributed by atoms with Crippen molar-refractivity contribution < 1.29 is 19.1 Å². The van der Waals surface area contributed by atoms with Gasteiger partial charge in [-0.25, -0.2) is 9.59 Å². The number of esters is 1. The van der Waals surface area contributed by atoms with Gasteiger partial charge in [-0.1, -0.05) is 50.2 Å². The number of hydrogen-bond acceptors (Lipinski definition) is 4. The summed E-state index contributed by atoms with van der Waals surface area (Å²) in [6.45, 7) is 8.06. The van der Waals surface area contributed by atoms with E-state index < -0.39 is 5.97 Å². The first-order chi connectivity index (χ1) is 14.3. The fourth-order valence-electron chi connectivity index (χ4n) is 2.79. The molecule has 30 heavy (non-hydrogen) atoms. The molecule has 0 bridgehead atoms. The summed E-state index contributed by atoms with van der Waals surface area (Å²) in [5.74, 6) is -0.359. The standard InChI is InChI=1S/C24H30N2O4/c1-5-17(4)19-10-12-20(13-11-19)22(27)15-30-23(28)21-8-6-18(7-9-21)14-25-24(29)26-16(2)3/h6-13,16-17H,5,14-15H2,1-4H3,(H2,25,26,29)/t17-/m1/s1. The zero-order valence-corrected chi connectivity index (χ0v) is 18.0. The second-order valence-electron chi connectivity index (χ2n) is 7.61. The van der Waals surface area contributed by atoms with E-state index in [0.717, 1.165) is 12.0 Å². The number of amides is 2. The van der Waals surface area contributed by atoms with Crippen LogP contribution in [0.5, 0.6) is 0 Å². The molecule has 0 aromatic heterocycles. The monoisotopic (exact) mass is 410 g/mol. The molecule has 0 aliphatic rings. The Labute approximate surface area is 178 Å². The number of ether oxygens (including phenoxy) is 1. The van der Waals surface area contributed by atoms with E-state index >= 15 is 0 Å². The van der Waals surface area contributed by atoms with Crippen molar-refractivity contribution in [1.82, 2.24) is 10.6 Å². The molecular formula is C24H30N2O4. The average molecular weight is 411 g/mol. The fourth-order valence-corrected chi connectivity index (χ4v) is 2.79. The Balaban J connectivity index is 1.84. The SMILES string of the molecule is CC[C@@H](C)c1ccc(C(=O)COC(=O)c2ccc(CNC(=O)NC(C)C)cc2)cc1. The van der Waals surface area contributed by atoms with Gasteiger partial charge in [0, 0.05) is 18.2 Å². The minimum atomic E-state index is -0.559. The van der Waals surface area contributed by atoms with E-state index in [1.807, 2.05) is 26.0 Å². The number of nitrogens with one attached hydrogen (secondary N) is 2. The summed E-state index contributed by atoms with van der Waals surface area (Å²) in [6, 6.07) is 13.9. The first kappa shape index (κ1) is 23.1. The largest absolute Gasteiger partial charge is 0.454 e. The van der Waals surface area contributed by atoms with Gasteiger partial charge in [-0.3, -0.25) is 4.79 Å². The third-order valence-corrected chi connectivity index (χ3v) is 4.81. The van der Waals surface area contributed by atoms with E-state index in [1.165, 1.54) is 5.56 Å². The van der Waals surface area contributed by atoms with E-state index in [0.29, 0.717) is 23.6 Å². The Morgan fingerprint density at radius 1 is 0.900 bits per heavy atom. The fraction of sp³-hybridized carbons (Fsp3) is 0.375. The van der Waals surface area contributed by atoms with Crippen LogP contribution >= 0.6 is 0 Å². The lowest BCUT2D eigenvalue weighted by Crippen LogP contribution is -2.39. The summed E-state index contributed by atoms with van der Waals surface area (Å²) in [7, 11) is 0. The molecule has 0 saturated carbocycles. The summed E-state index contributed by atoms with van der Waals surface area (Å²) in [4.78, 5) is 36.1. The van der Waals surface area contributed by atoms with Crippen LogP contribution in [0.4, 0.5) is 4.79 Å². The Hall–Kier alpha value is -3.15. The van der Waals surface area contributed by atoms with Crippen LogP contribution in [0.15, 0.2) is 48.5 Å². The highest BCUT2D eigenvalue weighted by molar-refractivity contribution is 5.99. The summed E-state index contributed by atoms with van der Waals surface area (Å²) < 4.78 is 5.16. The van der Waals surface area contributed by atoms with Gasteiger partial charge in [0.1, 0.15) is 0 Å². The van der Waals surface area contributed by atoms with E-state index in [-0.39, 0.29) is 24.5 Å². The molecule has 2 aromatic rings. The molecule has 160 valence electrons. The lowest BCUT2D eigenvalue weighted by Gasteiger charge is -2.10. The quantitative estimate of drug-likeness (QED) is 0.473. The summed E-state index contributed by atoms with van der Waals surface area (Å²) in [6.07, 6.45) is 1.03. The smallest absolute Gasteiger partial charge is 0.338 e. The predicted octanol–water partition coefficient (Wildman–Crippen LogP) is 4.45. The van der Waals surface area contributed by atoms with Crippen molar-refractivity contribution in [2.45, 2.75) is 52.6 Å². The van der Waals surface area contributed by atoms with Crippen LogP contribution < -0.4 is 10.6 Å². The minimum absolute atomic E-state index is 0.0581. The second-order valence-corrected chi connectivity index (χ2v) is 7.61. The van der Waals surface area contributed by atoms with Crippen LogP contribution in [0.2, 0.25) is 0 Å². The Morgan fingerprint density at radius 2 is 1.50 bits per heavy atom. The highest BCUT2D eigenvalue weighted by Crippen LogP contribution is 2.19. The van der Waals surface area contributed by atoms with Crippen molar-refractivity contribution in [3.63, 3.8) is 0 Å². The van der Waals surface area contributed by atoms with Crippen molar-refractivity contribution in [1.29, 1.82) is 0 Å². The van der Waals surface area contributed by atoms with E-state index in [2.05, 4.69) is 24.5 Å². The summed E-state index contributed by atoms with van der Waals surface area (Å²) in [5.41, 5.74) is 2.91. The molecule has 6 heteroatoms. The van der Waals surface area contributed by atoms with Crippen LogP contribution in [-0.2, 0) is 11.3 Å². The zero-order valence-electron chi connectivity index (χ0n) is 18.0. The minimum Gasteiger partial charge on any atom is -0.454 e. The average Bonchev–Trinajstić information content (AvgIpc) is 2.75. The van der Waals surface area contributed by atoms with Crippen LogP contribution in [0, 0.1) is 0 Å². The van der Waals surface area contributed by atoms with Crippen molar-refractivity contribution in [2.75, 3.05) is 6.61 Å². The number of carbonyl (C=O) groups excluding carboxylic acids is 3. The van der Waals surface area contributed by atoms with Gasteiger partial charge in [-0.2, -0.15) is 0 Å². The topological polar surface area (TPSA) is 84.5 Å². The van der Waals surface area contributed by atoms with Crippen LogP contribution in [0.25, 0.3) is 0 Å². The number of benzene rings is 2. The van der Waals surface area contributed by atoms with Gasteiger partial charge in [-0.05, 0) is 49.4 Å². The number of Topliss-reactive ketones (excluding diaryl/α,β-unsaturated/α-hetero) is 1. The highest BCUT2D eigenvalue weighted by Gasteiger charge is 2.13. The number of rotatable bonds is 9. The summed E-state index contributed by atoms with van der Waals surface area (Å²) >= 11 is 0. The third kappa shape index (κ3) is 7.03. The third-order valence-electron chi connectivity index (χ3n) is 4.81. The number of urea groups is 1. The Bertz CT molecular complexity index is 858. The second kappa shape index (κ2) is 11.1. The molecule has 0 unspecified atom stereocenters. The molecule has 1 atom stereocenters.